The van der Waals surface area contributed by atoms with Crippen molar-refractivity contribution in [1.82, 2.24) is 0 Å². The van der Waals surface area contributed by atoms with Crippen LogP contribution in [-0.2, 0) is 28.2 Å². The Bertz CT molecular complexity index is 329. The Morgan fingerprint density at radius 3 is 2.19 bits per heavy atom. The Labute approximate surface area is 91.0 Å². The summed E-state index contributed by atoms with van der Waals surface area (Å²) < 4.78 is 22.9. The van der Waals surface area contributed by atoms with Gasteiger partial charge < -0.3 is 19.3 Å². The van der Waals surface area contributed by atoms with Crippen molar-refractivity contribution >= 4 is 19.8 Å². The van der Waals surface area contributed by atoms with Crippen LogP contribution in [0.1, 0.15) is 6.92 Å². The van der Waals surface area contributed by atoms with Gasteiger partial charge in [-0.2, -0.15) is 0 Å². The summed E-state index contributed by atoms with van der Waals surface area (Å²) in [4.78, 5) is 38.2. The zero-order valence-electron chi connectivity index (χ0n) is 8.52. The lowest BCUT2D eigenvalue weighted by Gasteiger charge is -2.12. The summed E-state index contributed by atoms with van der Waals surface area (Å²) in [6.45, 7) is 1.11. The van der Waals surface area contributed by atoms with Gasteiger partial charge in [0.2, 0.25) is 6.29 Å². The van der Waals surface area contributed by atoms with Crippen molar-refractivity contribution in [2.75, 3.05) is 7.11 Å². The highest BCUT2D eigenvalue weighted by Gasteiger charge is 2.20. The molecule has 1 atom stereocenters. The van der Waals surface area contributed by atoms with Gasteiger partial charge in [0.05, 0.1) is 7.11 Å². The van der Waals surface area contributed by atoms with Gasteiger partial charge in [0, 0.05) is 12.2 Å². The van der Waals surface area contributed by atoms with Crippen molar-refractivity contribution in [2.45, 2.75) is 13.2 Å². The number of rotatable bonds is 5. The monoisotopic (exact) mass is 254 g/mol. The summed E-state index contributed by atoms with van der Waals surface area (Å²) >= 11 is 0. The number of hydrogen-bond donors (Lipinski definition) is 2. The fourth-order valence-electron chi connectivity index (χ4n) is 0.622. The number of methoxy groups -OCH3 is 1. The molecule has 0 fully saturated rings. The molecular formula is C7H11O8P. The molecule has 0 amide bonds. The fourth-order valence-corrected chi connectivity index (χ4v) is 1.05. The van der Waals surface area contributed by atoms with Crippen LogP contribution in [0.3, 0.4) is 0 Å². The van der Waals surface area contributed by atoms with Gasteiger partial charge in [0.25, 0.3) is 0 Å². The minimum absolute atomic E-state index is 0.741. The van der Waals surface area contributed by atoms with Crippen LogP contribution in [0.25, 0.3) is 0 Å². The van der Waals surface area contributed by atoms with Crippen LogP contribution < -0.4 is 0 Å². The maximum absolute atomic E-state index is 10.9. The van der Waals surface area contributed by atoms with E-state index in [2.05, 4.69) is 14.0 Å². The van der Waals surface area contributed by atoms with Gasteiger partial charge in [0.15, 0.2) is 0 Å². The van der Waals surface area contributed by atoms with Crippen molar-refractivity contribution < 1.29 is 37.9 Å². The average molecular weight is 254 g/mol. The molecule has 0 aliphatic rings. The first-order chi connectivity index (χ1) is 7.24. The summed E-state index contributed by atoms with van der Waals surface area (Å²) in [6.07, 6.45) is 0.105. The predicted molar refractivity (Wildman–Crippen MR) is 49.8 cm³/mol. The fraction of sp³-hybridized carbons (Fsp3) is 0.429. The molecule has 16 heavy (non-hydrogen) atoms. The summed E-state index contributed by atoms with van der Waals surface area (Å²) in [6, 6.07) is 0. The topological polar surface area (TPSA) is 119 Å². The lowest BCUT2D eigenvalue weighted by Crippen LogP contribution is -2.15. The van der Waals surface area contributed by atoms with Gasteiger partial charge in [-0.25, -0.2) is 18.7 Å². The Balaban J connectivity index is 4.11. The third kappa shape index (κ3) is 8.13. The smallest absolute Gasteiger partial charge is 0.466 e. The largest absolute Gasteiger partial charge is 0.472 e. The van der Waals surface area contributed by atoms with Gasteiger partial charge in [-0.15, -0.1) is 0 Å². The Hall–Kier alpha value is -1.21. The lowest BCUT2D eigenvalue weighted by molar-refractivity contribution is -0.156. The summed E-state index contributed by atoms with van der Waals surface area (Å²) in [5.41, 5.74) is 0. The molecule has 0 aliphatic heterocycles. The highest BCUT2D eigenvalue weighted by molar-refractivity contribution is 7.46. The van der Waals surface area contributed by atoms with E-state index in [0.29, 0.717) is 0 Å². The van der Waals surface area contributed by atoms with Gasteiger partial charge in [0.1, 0.15) is 0 Å². The number of esters is 2. The molecule has 0 aromatic heterocycles. The van der Waals surface area contributed by atoms with Crippen molar-refractivity contribution in [3.8, 4) is 0 Å². The molecular weight excluding hydrogens is 243 g/mol. The van der Waals surface area contributed by atoms with E-state index in [1.54, 1.807) is 0 Å². The van der Waals surface area contributed by atoms with Crippen molar-refractivity contribution in [3.05, 3.63) is 12.2 Å². The molecule has 0 rings (SSSR count). The highest BCUT2D eigenvalue weighted by Crippen LogP contribution is 2.37. The van der Waals surface area contributed by atoms with E-state index in [4.69, 9.17) is 9.79 Å². The zero-order valence-corrected chi connectivity index (χ0v) is 9.42. The van der Waals surface area contributed by atoms with Crippen LogP contribution in [0.15, 0.2) is 12.2 Å². The van der Waals surface area contributed by atoms with E-state index in [-0.39, 0.29) is 0 Å². The third-order valence-corrected chi connectivity index (χ3v) is 1.70. The maximum atomic E-state index is 10.9. The molecule has 0 bridgehead atoms. The molecule has 2 N–H and O–H groups in total. The first-order valence-corrected chi connectivity index (χ1v) is 5.48. The Morgan fingerprint density at radius 1 is 1.25 bits per heavy atom. The summed E-state index contributed by atoms with van der Waals surface area (Å²) in [7, 11) is -3.59. The number of phosphoric ester groups is 1. The van der Waals surface area contributed by atoms with E-state index in [1.165, 1.54) is 0 Å². The van der Waals surface area contributed by atoms with Crippen LogP contribution in [0.2, 0.25) is 0 Å². The molecule has 0 spiro atoms. The molecule has 0 heterocycles. The number of ether oxygens (including phenoxy) is 2. The third-order valence-electron chi connectivity index (χ3n) is 1.12. The van der Waals surface area contributed by atoms with Gasteiger partial charge in [-0.1, -0.05) is 0 Å². The molecule has 0 saturated heterocycles. The highest BCUT2D eigenvalue weighted by atomic mass is 31.2. The van der Waals surface area contributed by atoms with Crippen LogP contribution >= 0.6 is 7.82 Å². The first-order valence-electron chi connectivity index (χ1n) is 3.95. The van der Waals surface area contributed by atoms with Crippen molar-refractivity contribution in [1.29, 1.82) is 0 Å². The number of phosphoric acid groups is 1. The zero-order chi connectivity index (χ0) is 12.8. The standard InChI is InChI=1S/C7H11O8P/c1-5(15-16(10,11)12)14-7(9)4-3-6(8)13-2/h3-5H,1-2H3,(H2,10,11,12). The molecule has 92 valence electrons. The normalized spacial score (nSPS) is 13.5. The molecule has 0 saturated carbocycles. The quantitative estimate of drug-likeness (QED) is 0.297. The van der Waals surface area contributed by atoms with E-state index in [9.17, 15) is 14.2 Å². The number of hydrogen-bond acceptors (Lipinski definition) is 6. The summed E-state index contributed by atoms with van der Waals surface area (Å²) in [5.74, 6) is -1.76. The second-order valence-electron chi connectivity index (χ2n) is 2.46. The van der Waals surface area contributed by atoms with Crippen molar-refractivity contribution in [3.63, 3.8) is 0 Å². The number of carbonyl (C=O) groups excluding carboxylic acids is 2. The van der Waals surface area contributed by atoms with Crippen LogP contribution in [0, 0.1) is 0 Å². The second-order valence-corrected chi connectivity index (χ2v) is 3.65. The van der Waals surface area contributed by atoms with Gasteiger partial charge >= 0.3 is 19.8 Å². The average Bonchev–Trinajstić information content (AvgIpc) is 2.10. The minimum atomic E-state index is -4.71. The molecule has 0 radical (unpaired) electrons. The maximum Gasteiger partial charge on any atom is 0.472 e. The van der Waals surface area contributed by atoms with Gasteiger partial charge in [-0.05, 0) is 6.92 Å². The predicted octanol–water partition coefficient (Wildman–Crippen LogP) is -0.286. The molecule has 0 aliphatic carbocycles. The molecule has 9 heteroatoms. The van der Waals surface area contributed by atoms with Crippen LogP contribution in [0.5, 0.6) is 0 Å². The van der Waals surface area contributed by atoms with E-state index in [0.717, 1.165) is 26.2 Å². The second kappa shape index (κ2) is 6.39. The Morgan fingerprint density at radius 2 is 1.75 bits per heavy atom. The summed E-state index contributed by atoms with van der Waals surface area (Å²) in [5, 5.41) is 0. The van der Waals surface area contributed by atoms with Gasteiger partial charge in [-0.3, -0.25) is 0 Å². The SMILES string of the molecule is COC(=O)C=CC(=O)OC(C)OP(=O)(O)O. The minimum Gasteiger partial charge on any atom is -0.466 e. The van der Waals surface area contributed by atoms with Crippen LogP contribution in [-0.4, -0.2) is 35.1 Å². The Kier molecular flexibility index (Phi) is 5.91. The van der Waals surface area contributed by atoms with E-state index >= 15 is 0 Å². The first kappa shape index (κ1) is 14.8. The molecule has 1 unspecified atom stereocenters. The van der Waals surface area contributed by atoms with Crippen LogP contribution in [0.4, 0.5) is 0 Å². The van der Waals surface area contributed by atoms with Crippen molar-refractivity contribution in [2.24, 2.45) is 0 Å². The van der Waals surface area contributed by atoms with E-state index in [1.807, 2.05) is 0 Å². The molecule has 0 aromatic rings. The molecule has 8 nitrogen and oxygen atoms in total. The lowest BCUT2D eigenvalue weighted by atomic mass is 10.5. The molecule has 0 aromatic carbocycles. The number of carbonyl (C=O) groups is 2. The van der Waals surface area contributed by atoms with E-state index < -0.39 is 26.1 Å².